The van der Waals surface area contributed by atoms with Gasteiger partial charge in [0.15, 0.2) is 11.6 Å². The third kappa shape index (κ3) is 1.90. The van der Waals surface area contributed by atoms with Gasteiger partial charge in [-0.05, 0) is 24.5 Å². The first kappa shape index (κ1) is 12.5. The van der Waals surface area contributed by atoms with Gasteiger partial charge < -0.3 is 0 Å². The molecule has 0 atom stereocenters. The van der Waals surface area contributed by atoms with Crippen LogP contribution in [0.5, 0.6) is 0 Å². The molecule has 0 radical (unpaired) electrons. The largest absolute Gasteiger partial charge is 0.289 e. The number of allylic oxidation sites excluding steroid dienone is 1. The summed E-state index contributed by atoms with van der Waals surface area (Å²) >= 11 is 0. The third-order valence-electron chi connectivity index (χ3n) is 3.63. The second-order valence-electron chi connectivity index (χ2n) is 4.91. The Hall–Kier alpha value is -2.48. The number of benzene rings is 2. The quantitative estimate of drug-likeness (QED) is 0.676. The third-order valence-corrected chi connectivity index (χ3v) is 3.63. The molecule has 0 aliphatic heterocycles. The molecular formula is C18H14O2. The Morgan fingerprint density at radius 1 is 0.850 bits per heavy atom. The summed E-state index contributed by atoms with van der Waals surface area (Å²) < 4.78 is 0. The fourth-order valence-electron chi connectivity index (χ4n) is 2.57. The number of ketones is 2. The van der Waals surface area contributed by atoms with Crippen LogP contribution >= 0.6 is 0 Å². The molecule has 0 fully saturated rings. The van der Waals surface area contributed by atoms with Crippen LogP contribution < -0.4 is 0 Å². The van der Waals surface area contributed by atoms with Crippen LogP contribution in [0.3, 0.4) is 0 Å². The van der Waals surface area contributed by atoms with E-state index in [1.807, 2.05) is 18.2 Å². The van der Waals surface area contributed by atoms with E-state index < -0.39 is 0 Å². The zero-order valence-electron chi connectivity index (χ0n) is 11.1. The predicted molar refractivity (Wildman–Crippen MR) is 78.3 cm³/mol. The minimum absolute atomic E-state index is 0.0596. The minimum atomic E-state index is -0.0644. The monoisotopic (exact) mass is 262 g/mol. The molecule has 2 aromatic rings. The van der Waals surface area contributed by atoms with Crippen LogP contribution in [0.2, 0.25) is 0 Å². The van der Waals surface area contributed by atoms with Gasteiger partial charge in [-0.2, -0.15) is 0 Å². The van der Waals surface area contributed by atoms with E-state index in [4.69, 9.17) is 0 Å². The van der Waals surface area contributed by atoms with Crippen molar-refractivity contribution in [3.05, 3.63) is 82.9 Å². The van der Waals surface area contributed by atoms with Crippen molar-refractivity contribution in [3.8, 4) is 0 Å². The first-order chi connectivity index (χ1) is 9.72. The number of hydrogen-bond donors (Lipinski definition) is 0. The maximum Gasteiger partial charge on any atom is 0.194 e. The van der Waals surface area contributed by atoms with Crippen molar-refractivity contribution in [1.29, 1.82) is 0 Å². The minimum Gasteiger partial charge on any atom is -0.289 e. The van der Waals surface area contributed by atoms with Gasteiger partial charge in [-0.15, -0.1) is 6.58 Å². The number of hydrogen-bond acceptors (Lipinski definition) is 2. The van der Waals surface area contributed by atoms with Gasteiger partial charge in [-0.25, -0.2) is 0 Å². The fourth-order valence-corrected chi connectivity index (χ4v) is 2.57. The molecule has 2 nitrogen and oxygen atoms in total. The van der Waals surface area contributed by atoms with Crippen LogP contribution in [0.1, 0.15) is 43.8 Å². The molecule has 0 aromatic heterocycles. The molecule has 1 aliphatic rings. The molecule has 0 unspecified atom stereocenters. The number of fused-ring (bicyclic) bond motifs is 2. The summed E-state index contributed by atoms with van der Waals surface area (Å²) in [6.45, 7) is 3.70. The Labute approximate surface area is 117 Å². The lowest BCUT2D eigenvalue weighted by Gasteiger charge is -2.17. The number of rotatable bonds is 3. The van der Waals surface area contributed by atoms with Gasteiger partial charge in [0.25, 0.3) is 0 Å². The van der Waals surface area contributed by atoms with E-state index in [-0.39, 0.29) is 11.6 Å². The van der Waals surface area contributed by atoms with E-state index in [2.05, 4.69) is 6.58 Å². The molecule has 0 amide bonds. The molecule has 0 heterocycles. The summed E-state index contributed by atoms with van der Waals surface area (Å²) in [5, 5.41) is 0. The molecule has 1 aliphatic carbocycles. The normalized spacial score (nSPS) is 12.8. The number of carbonyl (C=O) groups is 2. The molecule has 20 heavy (non-hydrogen) atoms. The smallest absolute Gasteiger partial charge is 0.194 e. The average molecular weight is 262 g/mol. The van der Waals surface area contributed by atoms with Crippen LogP contribution in [0.25, 0.3) is 0 Å². The topological polar surface area (TPSA) is 34.1 Å². The Morgan fingerprint density at radius 2 is 1.45 bits per heavy atom. The van der Waals surface area contributed by atoms with Crippen LogP contribution in [-0.4, -0.2) is 11.6 Å². The van der Waals surface area contributed by atoms with E-state index in [1.54, 1.807) is 30.3 Å². The summed E-state index contributed by atoms with van der Waals surface area (Å²) in [5.41, 5.74) is 3.10. The van der Waals surface area contributed by atoms with Gasteiger partial charge in [0, 0.05) is 22.3 Å². The molecule has 0 N–H and O–H groups in total. The highest BCUT2D eigenvalue weighted by Gasteiger charge is 2.29. The molecule has 2 heteroatoms. The molecule has 0 bridgehead atoms. The average Bonchev–Trinajstić information content (AvgIpc) is 2.50. The highest BCUT2D eigenvalue weighted by atomic mass is 16.1. The maximum atomic E-state index is 12.5. The van der Waals surface area contributed by atoms with E-state index in [9.17, 15) is 9.59 Å². The summed E-state index contributed by atoms with van der Waals surface area (Å²) in [4.78, 5) is 24.9. The van der Waals surface area contributed by atoms with Crippen molar-refractivity contribution >= 4 is 11.6 Å². The second kappa shape index (κ2) is 4.89. The zero-order valence-corrected chi connectivity index (χ0v) is 11.1. The van der Waals surface area contributed by atoms with Crippen LogP contribution in [0, 0.1) is 0 Å². The Balaban J connectivity index is 2.11. The van der Waals surface area contributed by atoms with Gasteiger partial charge in [0.1, 0.15) is 0 Å². The summed E-state index contributed by atoms with van der Waals surface area (Å²) in [6.07, 6.45) is 3.54. The van der Waals surface area contributed by atoms with Crippen molar-refractivity contribution < 1.29 is 9.59 Å². The van der Waals surface area contributed by atoms with E-state index in [1.165, 1.54) is 0 Å². The number of aryl methyl sites for hydroxylation is 1. The predicted octanol–water partition coefficient (Wildman–Crippen LogP) is 3.58. The van der Waals surface area contributed by atoms with Gasteiger partial charge in [0.2, 0.25) is 0 Å². The van der Waals surface area contributed by atoms with Crippen LogP contribution in [0.15, 0.2) is 55.1 Å². The van der Waals surface area contributed by atoms with E-state index in [0.717, 1.165) is 18.4 Å². The molecular weight excluding hydrogens is 248 g/mol. The van der Waals surface area contributed by atoms with Crippen LogP contribution in [0.4, 0.5) is 0 Å². The first-order valence-corrected chi connectivity index (χ1v) is 6.64. The lowest BCUT2D eigenvalue weighted by Crippen LogP contribution is -2.20. The highest BCUT2D eigenvalue weighted by molar-refractivity contribution is 6.28. The van der Waals surface area contributed by atoms with Crippen molar-refractivity contribution in [2.45, 2.75) is 12.8 Å². The second-order valence-corrected chi connectivity index (χ2v) is 4.91. The molecule has 0 saturated carbocycles. The fraction of sp³-hybridized carbons (Fsp3) is 0.111. The lowest BCUT2D eigenvalue weighted by atomic mass is 9.83. The Bertz CT molecular complexity index is 726. The van der Waals surface area contributed by atoms with Crippen molar-refractivity contribution in [3.63, 3.8) is 0 Å². The lowest BCUT2D eigenvalue weighted by molar-refractivity contribution is 0.0979. The zero-order chi connectivity index (χ0) is 14.1. The Morgan fingerprint density at radius 3 is 2.10 bits per heavy atom. The van der Waals surface area contributed by atoms with Crippen molar-refractivity contribution in [2.75, 3.05) is 0 Å². The van der Waals surface area contributed by atoms with Gasteiger partial charge in [0.05, 0.1) is 0 Å². The molecule has 3 rings (SSSR count). The highest BCUT2D eigenvalue weighted by Crippen LogP contribution is 2.28. The number of carbonyl (C=O) groups excluding carboxylic acids is 2. The molecule has 2 aromatic carbocycles. The van der Waals surface area contributed by atoms with Gasteiger partial charge in [-0.3, -0.25) is 9.59 Å². The van der Waals surface area contributed by atoms with Gasteiger partial charge in [-0.1, -0.05) is 42.5 Å². The summed E-state index contributed by atoms with van der Waals surface area (Å²) in [7, 11) is 0. The van der Waals surface area contributed by atoms with Gasteiger partial charge >= 0.3 is 0 Å². The molecule has 0 saturated heterocycles. The summed E-state index contributed by atoms with van der Waals surface area (Å²) in [5.74, 6) is -0.124. The van der Waals surface area contributed by atoms with E-state index in [0.29, 0.717) is 22.3 Å². The van der Waals surface area contributed by atoms with E-state index >= 15 is 0 Å². The Kier molecular flexibility index (Phi) is 3.07. The first-order valence-electron chi connectivity index (χ1n) is 6.64. The van der Waals surface area contributed by atoms with Crippen LogP contribution in [-0.2, 0) is 6.42 Å². The molecule has 0 spiro atoms. The SMILES string of the molecule is C=CCCc1ccc2c(c1)C(=O)c1ccccc1C2=O. The van der Waals surface area contributed by atoms with Crippen molar-refractivity contribution in [1.82, 2.24) is 0 Å². The standard InChI is InChI=1S/C18H14O2/c1-2-3-6-12-9-10-15-16(11-12)18(20)14-8-5-4-7-13(14)17(15)19/h2,4-5,7-11H,1,3,6H2. The maximum absolute atomic E-state index is 12.5. The summed E-state index contributed by atoms with van der Waals surface area (Å²) in [6, 6.07) is 12.5. The molecule has 98 valence electrons. The van der Waals surface area contributed by atoms with Crippen molar-refractivity contribution in [2.24, 2.45) is 0 Å².